The van der Waals surface area contributed by atoms with Crippen LogP contribution in [0.3, 0.4) is 0 Å². The molecule has 2 amide bonds. The van der Waals surface area contributed by atoms with E-state index in [1.54, 1.807) is 38.1 Å². The van der Waals surface area contributed by atoms with E-state index in [1.807, 2.05) is 0 Å². The molecule has 0 fully saturated rings. The van der Waals surface area contributed by atoms with Crippen molar-refractivity contribution in [2.24, 2.45) is 0 Å². The van der Waals surface area contributed by atoms with E-state index in [0.29, 0.717) is 11.1 Å². The van der Waals surface area contributed by atoms with Crippen LogP contribution in [0.5, 0.6) is 0 Å². The summed E-state index contributed by atoms with van der Waals surface area (Å²) in [4.78, 5) is 37.7. The molecule has 0 N–H and O–H groups in total. The maximum Gasteiger partial charge on any atom is 0.306 e. The van der Waals surface area contributed by atoms with Crippen molar-refractivity contribution in [2.45, 2.75) is 25.7 Å². The second-order valence-electron chi connectivity index (χ2n) is 4.99. The van der Waals surface area contributed by atoms with E-state index in [0.717, 1.165) is 0 Å². The summed E-state index contributed by atoms with van der Waals surface area (Å²) in [6.07, 6.45) is -0.0802. The van der Waals surface area contributed by atoms with Gasteiger partial charge in [-0.1, -0.05) is 18.2 Å². The molecule has 1 aliphatic rings. The molecule has 0 saturated carbocycles. The Bertz CT molecular complexity index is 581. The normalized spacial score (nSPS) is 21.6. The number of amides is 2. The number of ether oxygens (including phenoxy) is 1. The number of likely N-dealkylation sites (N-methyl/N-ethyl adjacent to an activating group) is 1. The zero-order chi connectivity index (χ0) is 14.9. The summed E-state index contributed by atoms with van der Waals surface area (Å²) in [6, 6.07) is 6.92. The Morgan fingerprint density at radius 3 is 2.55 bits per heavy atom. The predicted molar refractivity (Wildman–Crippen MR) is 72.1 cm³/mol. The van der Waals surface area contributed by atoms with Gasteiger partial charge in [-0.15, -0.1) is 0 Å². The van der Waals surface area contributed by atoms with Crippen molar-refractivity contribution >= 4 is 17.8 Å². The lowest BCUT2D eigenvalue weighted by Crippen LogP contribution is -2.53. The van der Waals surface area contributed by atoms with E-state index in [2.05, 4.69) is 4.74 Å². The predicted octanol–water partition coefficient (Wildman–Crippen LogP) is 1.51. The standard InChI is InChI=1S/C15H17NO4/c1-4-16-13(18)10-7-5-6-8-11(10)15(2,14(16)19)9-12(17)20-3/h5-8H,4,9H2,1-3H3. The summed E-state index contributed by atoms with van der Waals surface area (Å²) in [5.41, 5.74) is -0.00129. The Labute approximate surface area is 117 Å². The first kappa shape index (κ1) is 14.2. The van der Waals surface area contributed by atoms with E-state index in [-0.39, 0.29) is 24.8 Å². The molecule has 0 saturated heterocycles. The molecular weight excluding hydrogens is 258 g/mol. The molecule has 1 unspecified atom stereocenters. The smallest absolute Gasteiger partial charge is 0.306 e. The van der Waals surface area contributed by atoms with Crippen LogP contribution in [0.2, 0.25) is 0 Å². The number of imide groups is 1. The molecule has 5 heteroatoms. The van der Waals surface area contributed by atoms with E-state index < -0.39 is 11.4 Å². The SMILES string of the molecule is CCN1C(=O)c2ccccc2C(C)(CC(=O)OC)C1=O. The molecular formula is C15H17NO4. The van der Waals surface area contributed by atoms with Crippen molar-refractivity contribution in [3.63, 3.8) is 0 Å². The molecule has 1 aromatic rings. The van der Waals surface area contributed by atoms with E-state index in [1.165, 1.54) is 12.0 Å². The van der Waals surface area contributed by atoms with Gasteiger partial charge in [0.25, 0.3) is 5.91 Å². The van der Waals surface area contributed by atoms with Crippen LogP contribution in [-0.2, 0) is 19.7 Å². The number of benzene rings is 1. The fourth-order valence-electron chi connectivity index (χ4n) is 2.62. The summed E-state index contributed by atoms with van der Waals surface area (Å²) in [5.74, 6) is -1.13. The summed E-state index contributed by atoms with van der Waals surface area (Å²) in [5, 5.41) is 0. The van der Waals surface area contributed by atoms with Gasteiger partial charge in [0, 0.05) is 12.1 Å². The Kier molecular flexibility index (Phi) is 3.61. The number of rotatable bonds is 3. The van der Waals surface area contributed by atoms with Crippen molar-refractivity contribution in [3.8, 4) is 0 Å². The van der Waals surface area contributed by atoms with Gasteiger partial charge in [-0.3, -0.25) is 19.3 Å². The number of methoxy groups -OCH3 is 1. The van der Waals surface area contributed by atoms with Gasteiger partial charge in [0.1, 0.15) is 0 Å². The topological polar surface area (TPSA) is 63.7 Å². The summed E-state index contributed by atoms with van der Waals surface area (Å²) < 4.78 is 4.68. The van der Waals surface area contributed by atoms with Crippen LogP contribution < -0.4 is 0 Å². The van der Waals surface area contributed by atoms with Gasteiger partial charge in [0.2, 0.25) is 5.91 Å². The molecule has 2 rings (SSSR count). The second-order valence-corrected chi connectivity index (χ2v) is 4.99. The highest BCUT2D eigenvalue weighted by molar-refractivity contribution is 6.13. The number of hydrogen-bond acceptors (Lipinski definition) is 4. The van der Waals surface area contributed by atoms with Crippen molar-refractivity contribution in [1.82, 2.24) is 4.90 Å². The molecule has 1 aliphatic heterocycles. The average Bonchev–Trinajstić information content (AvgIpc) is 2.46. The van der Waals surface area contributed by atoms with Crippen LogP contribution in [0.1, 0.15) is 36.2 Å². The van der Waals surface area contributed by atoms with Crippen molar-refractivity contribution in [2.75, 3.05) is 13.7 Å². The third kappa shape index (κ3) is 1.99. The minimum absolute atomic E-state index is 0.0802. The number of hydrogen-bond donors (Lipinski definition) is 0. The number of fused-ring (bicyclic) bond motifs is 1. The first-order chi connectivity index (χ1) is 9.45. The van der Waals surface area contributed by atoms with Crippen molar-refractivity contribution in [1.29, 1.82) is 0 Å². The van der Waals surface area contributed by atoms with Crippen LogP contribution in [-0.4, -0.2) is 36.3 Å². The van der Waals surface area contributed by atoms with Crippen molar-refractivity contribution < 1.29 is 19.1 Å². The lowest BCUT2D eigenvalue weighted by atomic mass is 9.73. The molecule has 0 aromatic heterocycles. The number of carbonyl (C=O) groups excluding carboxylic acids is 3. The fraction of sp³-hybridized carbons (Fsp3) is 0.400. The molecule has 5 nitrogen and oxygen atoms in total. The van der Waals surface area contributed by atoms with Gasteiger partial charge in [-0.05, 0) is 25.5 Å². The van der Waals surface area contributed by atoms with E-state index in [4.69, 9.17) is 0 Å². The highest BCUT2D eigenvalue weighted by Crippen LogP contribution is 2.37. The number of nitrogens with zero attached hydrogens (tertiary/aromatic N) is 1. The van der Waals surface area contributed by atoms with Crippen LogP contribution in [0.15, 0.2) is 24.3 Å². The lowest BCUT2D eigenvalue weighted by molar-refractivity contribution is -0.147. The van der Waals surface area contributed by atoms with E-state index >= 15 is 0 Å². The molecule has 0 radical (unpaired) electrons. The van der Waals surface area contributed by atoms with Gasteiger partial charge in [-0.25, -0.2) is 0 Å². The first-order valence-corrected chi connectivity index (χ1v) is 6.48. The third-order valence-corrected chi connectivity index (χ3v) is 3.76. The maximum atomic E-state index is 12.6. The van der Waals surface area contributed by atoms with Crippen LogP contribution in [0.4, 0.5) is 0 Å². The maximum absolute atomic E-state index is 12.6. The summed E-state index contributed by atoms with van der Waals surface area (Å²) in [7, 11) is 1.29. The lowest BCUT2D eigenvalue weighted by Gasteiger charge is -2.38. The quantitative estimate of drug-likeness (QED) is 0.619. The minimum atomic E-state index is -1.06. The molecule has 0 bridgehead atoms. The van der Waals surface area contributed by atoms with Gasteiger partial charge in [0.15, 0.2) is 0 Å². The van der Waals surface area contributed by atoms with Crippen molar-refractivity contribution in [3.05, 3.63) is 35.4 Å². The molecule has 1 atom stereocenters. The Morgan fingerprint density at radius 2 is 1.95 bits per heavy atom. The van der Waals surface area contributed by atoms with Gasteiger partial charge in [0.05, 0.1) is 18.9 Å². The number of carbonyl (C=O) groups is 3. The Morgan fingerprint density at radius 1 is 1.30 bits per heavy atom. The minimum Gasteiger partial charge on any atom is -0.469 e. The molecule has 20 heavy (non-hydrogen) atoms. The molecule has 0 aliphatic carbocycles. The third-order valence-electron chi connectivity index (χ3n) is 3.76. The zero-order valence-electron chi connectivity index (χ0n) is 11.8. The van der Waals surface area contributed by atoms with Gasteiger partial charge >= 0.3 is 5.97 Å². The fourth-order valence-corrected chi connectivity index (χ4v) is 2.62. The highest BCUT2D eigenvalue weighted by atomic mass is 16.5. The van der Waals surface area contributed by atoms with Gasteiger partial charge < -0.3 is 4.74 Å². The first-order valence-electron chi connectivity index (χ1n) is 6.48. The molecule has 1 aromatic carbocycles. The average molecular weight is 275 g/mol. The van der Waals surface area contributed by atoms with Crippen LogP contribution >= 0.6 is 0 Å². The van der Waals surface area contributed by atoms with Crippen LogP contribution in [0.25, 0.3) is 0 Å². The molecule has 1 heterocycles. The van der Waals surface area contributed by atoms with Crippen LogP contribution in [0, 0.1) is 0 Å². The highest BCUT2D eigenvalue weighted by Gasteiger charge is 2.48. The number of esters is 1. The summed E-state index contributed by atoms with van der Waals surface area (Å²) >= 11 is 0. The second kappa shape index (κ2) is 5.07. The zero-order valence-corrected chi connectivity index (χ0v) is 11.8. The molecule has 0 spiro atoms. The molecule has 106 valence electrons. The van der Waals surface area contributed by atoms with E-state index in [9.17, 15) is 14.4 Å². The Hall–Kier alpha value is -2.17. The van der Waals surface area contributed by atoms with Gasteiger partial charge in [-0.2, -0.15) is 0 Å². The Balaban J connectivity index is 2.60. The summed E-state index contributed by atoms with van der Waals surface area (Å²) in [6.45, 7) is 3.70. The largest absolute Gasteiger partial charge is 0.469 e. The monoisotopic (exact) mass is 275 g/mol.